The molecule has 27 heavy (non-hydrogen) atoms. The van der Waals surface area contributed by atoms with Crippen molar-refractivity contribution in [2.24, 2.45) is 10.9 Å². The Kier molecular flexibility index (Phi) is 8.23. The summed E-state index contributed by atoms with van der Waals surface area (Å²) < 4.78 is 18.4. The molecule has 7 heteroatoms. The Labute approximate surface area is 166 Å². The van der Waals surface area contributed by atoms with Crippen molar-refractivity contribution in [2.75, 3.05) is 52.2 Å². The normalized spacial score (nSPS) is 22.1. The number of hydrogen-bond acceptors (Lipinski definition) is 4. The number of piperidine rings is 1. The second-order valence-electron chi connectivity index (χ2n) is 7.25. The molecule has 5 nitrogen and oxygen atoms in total. The third-order valence-corrected chi connectivity index (χ3v) is 6.18. The standard InChI is InChI=1S/C20H31FN4OS/c1-22-20(23-9-13-27-19-4-2-17(21)3-5-19)24-18-6-10-25(11-7-18)14-16-8-12-26-15-16/h2-5,16,18H,6-15H2,1H3,(H2,22,23,24). The number of likely N-dealkylation sites (tertiary alicyclic amines) is 1. The topological polar surface area (TPSA) is 48.9 Å². The fourth-order valence-electron chi connectivity index (χ4n) is 3.61. The Morgan fingerprint density at radius 3 is 2.70 bits per heavy atom. The Bertz CT molecular complexity index is 584. The zero-order valence-electron chi connectivity index (χ0n) is 16.1. The number of rotatable bonds is 7. The highest BCUT2D eigenvalue weighted by atomic mass is 32.2. The van der Waals surface area contributed by atoms with Crippen LogP contribution < -0.4 is 10.6 Å². The number of thioether (sulfide) groups is 1. The molecule has 2 aliphatic heterocycles. The smallest absolute Gasteiger partial charge is 0.191 e. The van der Waals surface area contributed by atoms with Crippen LogP contribution in [0, 0.1) is 11.7 Å². The molecule has 3 rings (SSSR count). The van der Waals surface area contributed by atoms with Crippen LogP contribution in [0.2, 0.25) is 0 Å². The summed E-state index contributed by atoms with van der Waals surface area (Å²) in [4.78, 5) is 8.01. The molecule has 0 radical (unpaired) electrons. The molecule has 1 unspecified atom stereocenters. The van der Waals surface area contributed by atoms with E-state index in [0.717, 1.165) is 68.2 Å². The largest absolute Gasteiger partial charge is 0.381 e. The molecule has 2 fully saturated rings. The van der Waals surface area contributed by atoms with E-state index in [9.17, 15) is 4.39 Å². The number of benzene rings is 1. The molecule has 2 N–H and O–H groups in total. The summed E-state index contributed by atoms with van der Waals surface area (Å²) in [5.41, 5.74) is 0. The van der Waals surface area contributed by atoms with Crippen LogP contribution in [0.3, 0.4) is 0 Å². The lowest BCUT2D eigenvalue weighted by Crippen LogP contribution is -2.49. The summed E-state index contributed by atoms with van der Waals surface area (Å²) in [5.74, 6) is 2.32. The molecule has 2 aliphatic rings. The molecular formula is C20H31FN4OS. The Morgan fingerprint density at radius 2 is 2.04 bits per heavy atom. The van der Waals surface area contributed by atoms with Gasteiger partial charge >= 0.3 is 0 Å². The van der Waals surface area contributed by atoms with Gasteiger partial charge in [-0.1, -0.05) is 0 Å². The van der Waals surface area contributed by atoms with E-state index in [1.54, 1.807) is 11.8 Å². The van der Waals surface area contributed by atoms with Crippen LogP contribution in [-0.4, -0.2) is 69.1 Å². The molecule has 0 spiro atoms. The summed E-state index contributed by atoms with van der Waals surface area (Å²) in [5, 5.41) is 6.94. The number of nitrogens with one attached hydrogen (secondary N) is 2. The van der Waals surface area contributed by atoms with Gasteiger partial charge in [-0.2, -0.15) is 0 Å². The van der Waals surface area contributed by atoms with E-state index in [1.807, 2.05) is 19.2 Å². The summed E-state index contributed by atoms with van der Waals surface area (Å²) in [7, 11) is 1.82. The van der Waals surface area contributed by atoms with Gasteiger partial charge in [-0.3, -0.25) is 4.99 Å². The van der Waals surface area contributed by atoms with Crippen molar-refractivity contribution in [2.45, 2.75) is 30.2 Å². The second kappa shape index (κ2) is 10.9. The zero-order valence-corrected chi connectivity index (χ0v) is 16.9. The number of nitrogens with zero attached hydrogens (tertiary/aromatic N) is 2. The number of ether oxygens (including phenoxy) is 1. The van der Waals surface area contributed by atoms with Gasteiger partial charge in [0.15, 0.2) is 5.96 Å². The quantitative estimate of drug-likeness (QED) is 0.322. The summed E-state index contributed by atoms with van der Waals surface area (Å²) in [6.07, 6.45) is 3.52. The van der Waals surface area contributed by atoms with Crippen molar-refractivity contribution in [1.82, 2.24) is 15.5 Å². The summed E-state index contributed by atoms with van der Waals surface area (Å²) >= 11 is 1.71. The molecule has 0 amide bonds. The van der Waals surface area contributed by atoms with Crippen molar-refractivity contribution >= 4 is 17.7 Å². The third kappa shape index (κ3) is 6.97. The highest BCUT2D eigenvalue weighted by Crippen LogP contribution is 2.18. The first-order valence-electron chi connectivity index (χ1n) is 9.88. The van der Waals surface area contributed by atoms with Crippen LogP contribution in [0.25, 0.3) is 0 Å². The highest BCUT2D eigenvalue weighted by Gasteiger charge is 2.24. The maximum atomic E-state index is 12.9. The molecule has 2 heterocycles. The number of halogens is 1. The van der Waals surface area contributed by atoms with Crippen LogP contribution in [0.5, 0.6) is 0 Å². The molecule has 1 aromatic rings. The number of aliphatic imine (C=N–C) groups is 1. The van der Waals surface area contributed by atoms with Crippen molar-refractivity contribution in [3.05, 3.63) is 30.1 Å². The van der Waals surface area contributed by atoms with Crippen LogP contribution in [0.1, 0.15) is 19.3 Å². The highest BCUT2D eigenvalue weighted by molar-refractivity contribution is 7.99. The Balaban J connectivity index is 1.30. The zero-order chi connectivity index (χ0) is 18.9. The second-order valence-corrected chi connectivity index (χ2v) is 8.42. The van der Waals surface area contributed by atoms with E-state index in [0.29, 0.717) is 6.04 Å². The van der Waals surface area contributed by atoms with Crippen molar-refractivity contribution in [3.63, 3.8) is 0 Å². The summed E-state index contributed by atoms with van der Waals surface area (Å²) in [6, 6.07) is 7.12. The maximum absolute atomic E-state index is 12.9. The van der Waals surface area contributed by atoms with E-state index in [1.165, 1.54) is 25.1 Å². The minimum Gasteiger partial charge on any atom is -0.381 e. The van der Waals surface area contributed by atoms with Crippen molar-refractivity contribution in [3.8, 4) is 0 Å². The van der Waals surface area contributed by atoms with Gasteiger partial charge in [0, 0.05) is 56.5 Å². The van der Waals surface area contributed by atoms with Crippen LogP contribution in [0.15, 0.2) is 34.2 Å². The number of hydrogen-bond donors (Lipinski definition) is 2. The van der Waals surface area contributed by atoms with Crippen molar-refractivity contribution < 1.29 is 9.13 Å². The SMILES string of the molecule is CN=C(NCCSc1ccc(F)cc1)NC1CCN(CC2CCOC2)CC1. The summed E-state index contributed by atoms with van der Waals surface area (Å²) in [6.45, 7) is 6.16. The first-order chi connectivity index (χ1) is 13.2. The van der Waals surface area contributed by atoms with E-state index in [2.05, 4.69) is 20.5 Å². The molecular weight excluding hydrogens is 363 g/mol. The fourth-order valence-corrected chi connectivity index (χ4v) is 4.38. The third-order valence-electron chi connectivity index (χ3n) is 5.17. The van der Waals surface area contributed by atoms with Gasteiger partial charge < -0.3 is 20.3 Å². The van der Waals surface area contributed by atoms with E-state index >= 15 is 0 Å². The van der Waals surface area contributed by atoms with Crippen molar-refractivity contribution in [1.29, 1.82) is 0 Å². The van der Waals surface area contributed by atoms with Gasteiger partial charge in [0.05, 0.1) is 6.61 Å². The van der Waals surface area contributed by atoms with Gasteiger partial charge in [-0.25, -0.2) is 4.39 Å². The van der Waals surface area contributed by atoms with E-state index in [-0.39, 0.29) is 5.82 Å². The minimum absolute atomic E-state index is 0.190. The lowest BCUT2D eigenvalue weighted by atomic mass is 10.0. The van der Waals surface area contributed by atoms with E-state index in [4.69, 9.17) is 4.74 Å². The van der Waals surface area contributed by atoms with Crippen LogP contribution in [-0.2, 0) is 4.74 Å². The number of guanidine groups is 1. The lowest BCUT2D eigenvalue weighted by Gasteiger charge is -2.34. The predicted molar refractivity (Wildman–Crippen MR) is 110 cm³/mol. The monoisotopic (exact) mass is 394 g/mol. The minimum atomic E-state index is -0.190. The molecule has 0 aliphatic carbocycles. The van der Waals surface area contributed by atoms with Gasteiger partial charge in [0.25, 0.3) is 0 Å². The van der Waals surface area contributed by atoms with Crippen LogP contribution >= 0.6 is 11.8 Å². The Hall–Kier alpha value is -1.31. The Morgan fingerprint density at radius 1 is 1.26 bits per heavy atom. The maximum Gasteiger partial charge on any atom is 0.191 e. The van der Waals surface area contributed by atoms with Gasteiger partial charge in [0.1, 0.15) is 5.82 Å². The van der Waals surface area contributed by atoms with E-state index < -0.39 is 0 Å². The molecule has 1 atom stereocenters. The van der Waals surface area contributed by atoms with Gasteiger partial charge in [-0.05, 0) is 49.4 Å². The molecule has 0 saturated carbocycles. The van der Waals surface area contributed by atoms with Gasteiger partial charge in [0.2, 0.25) is 0 Å². The predicted octanol–water partition coefficient (Wildman–Crippen LogP) is 2.58. The first kappa shape index (κ1) is 20.4. The van der Waals surface area contributed by atoms with Gasteiger partial charge in [-0.15, -0.1) is 11.8 Å². The first-order valence-corrected chi connectivity index (χ1v) is 10.9. The molecule has 150 valence electrons. The lowest BCUT2D eigenvalue weighted by molar-refractivity contribution is 0.150. The average molecular weight is 395 g/mol. The fraction of sp³-hybridized carbons (Fsp3) is 0.650. The molecule has 0 bridgehead atoms. The molecule has 2 saturated heterocycles. The molecule has 1 aromatic carbocycles. The molecule has 0 aromatic heterocycles. The van der Waals surface area contributed by atoms with Crippen LogP contribution in [0.4, 0.5) is 4.39 Å². The average Bonchev–Trinajstić information content (AvgIpc) is 3.20.